The molecule has 0 aliphatic heterocycles. The molecule has 184 valence electrons. The zero-order valence-electron chi connectivity index (χ0n) is 20.7. The number of ether oxygens (including phenoxy) is 1. The second kappa shape index (κ2) is 9.44. The molecule has 5 heteroatoms. The highest BCUT2D eigenvalue weighted by Gasteiger charge is 2.36. The molecule has 0 bridgehead atoms. The predicted molar refractivity (Wildman–Crippen MR) is 133 cm³/mol. The molecule has 0 heterocycles. The van der Waals surface area contributed by atoms with Crippen molar-refractivity contribution in [3.63, 3.8) is 0 Å². The second-order valence-electron chi connectivity index (χ2n) is 10.8. The van der Waals surface area contributed by atoms with E-state index in [0.717, 1.165) is 36.6 Å². The molecule has 0 amide bonds. The summed E-state index contributed by atoms with van der Waals surface area (Å²) < 4.78 is 34.1. The van der Waals surface area contributed by atoms with Gasteiger partial charge in [0.05, 0.1) is 6.42 Å². The zero-order valence-corrected chi connectivity index (χ0v) is 20.7. The van der Waals surface area contributed by atoms with Crippen LogP contribution in [0.5, 0.6) is 5.75 Å². The van der Waals surface area contributed by atoms with Crippen LogP contribution < -0.4 is 4.74 Å². The van der Waals surface area contributed by atoms with Crippen LogP contribution in [-0.4, -0.2) is 11.1 Å². The van der Waals surface area contributed by atoms with Gasteiger partial charge in [-0.1, -0.05) is 58.0 Å². The lowest BCUT2D eigenvalue weighted by atomic mass is 9.63. The fraction of sp³-hybridized carbons (Fsp3) is 0.367. The lowest BCUT2D eigenvalue weighted by Crippen LogP contribution is -2.33. The van der Waals surface area contributed by atoms with Crippen LogP contribution in [0.15, 0.2) is 60.7 Å². The van der Waals surface area contributed by atoms with Gasteiger partial charge in [0.1, 0.15) is 24.0 Å². The SMILES string of the molecule is CC1(C)CCC(C)(C)c2cc(COc3ccc(C(CC(=O)O)c4cc(F)ccc4F)cc3)ccc21. The van der Waals surface area contributed by atoms with Crippen LogP contribution in [0.25, 0.3) is 0 Å². The molecule has 1 aliphatic rings. The van der Waals surface area contributed by atoms with E-state index in [-0.39, 0.29) is 22.8 Å². The molecular formula is C30H32F2O3. The molecule has 3 aromatic carbocycles. The summed E-state index contributed by atoms with van der Waals surface area (Å²) in [6.45, 7) is 9.58. The van der Waals surface area contributed by atoms with Gasteiger partial charge in [0, 0.05) is 5.92 Å². The topological polar surface area (TPSA) is 46.5 Å². The molecule has 0 radical (unpaired) electrons. The largest absolute Gasteiger partial charge is 0.489 e. The third-order valence-electron chi connectivity index (χ3n) is 7.32. The summed E-state index contributed by atoms with van der Waals surface area (Å²) in [6, 6.07) is 16.6. The van der Waals surface area contributed by atoms with Crippen molar-refractivity contribution in [3.05, 3.63) is 100 Å². The summed E-state index contributed by atoms with van der Waals surface area (Å²) in [5.74, 6) is -2.49. The lowest BCUT2D eigenvalue weighted by Gasteiger charge is -2.42. The lowest BCUT2D eigenvalue weighted by molar-refractivity contribution is -0.137. The smallest absolute Gasteiger partial charge is 0.304 e. The van der Waals surface area contributed by atoms with Gasteiger partial charge in [0.25, 0.3) is 0 Å². The fourth-order valence-corrected chi connectivity index (χ4v) is 5.05. The van der Waals surface area contributed by atoms with Gasteiger partial charge in [0.15, 0.2) is 0 Å². The summed E-state index contributed by atoms with van der Waals surface area (Å²) in [7, 11) is 0. The van der Waals surface area contributed by atoms with Gasteiger partial charge in [0.2, 0.25) is 0 Å². The van der Waals surface area contributed by atoms with Gasteiger partial charge in [-0.15, -0.1) is 0 Å². The molecule has 0 spiro atoms. The zero-order chi connectivity index (χ0) is 25.4. The van der Waals surface area contributed by atoms with Gasteiger partial charge in [-0.2, -0.15) is 0 Å². The molecule has 3 aromatic rings. The van der Waals surface area contributed by atoms with Crippen molar-refractivity contribution in [1.82, 2.24) is 0 Å². The number of hydrogen-bond acceptors (Lipinski definition) is 2. The van der Waals surface area contributed by atoms with E-state index in [1.54, 1.807) is 24.3 Å². The monoisotopic (exact) mass is 478 g/mol. The molecule has 1 atom stereocenters. The average molecular weight is 479 g/mol. The van der Waals surface area contributed by atoms with Crippen molar-refractivity contribution in [2.75, 3.05) is 0 Å². The van der Waals surface area contributed by atoms with Crippen molar-refractivity contribution in [3.8, 4) is 5.75 Å². The molecular weight excluding hydrogens is 446 g/mol. The maximum absolute atomic E-state index is 14.4. The number of hydrogen-bond donors (Lipinski definition) is 1. The van der Waals surface area contributed by atoms with E-state index < -0.39 is 23.5 Å². The highest BCUT2D eigenvalue weighted by molar-refractivity contribution is 5.69. The van der Waals surface area contributed by atoms with Gasteiger partial charge < -0.3 is 9.84 Å². The van der Waals surface area contributed by atoms with Crippen molar-refractivity contribution < 1.29 is 23.4 Å². The van der Waals surface area contributed by atoms with E-state index in [4.69, 9.17) is 4.74 Å². The molecule has 0 saturated carbocycles. The Morgan fingerprint density at radius 1 is 0.914 bits per heavy atom. The minimum atomic E-state index is -1.09. The van der Waals surface area contributed by atoms with E-state index in [1.165, 1.54) is 11.1 Å². The summed E-state index contributed by atoms with van der Waals surface area (Å²) in [5.41, 5.74) is 4.75. The van der Waals surface area contributed by atoms with Crippen LogP contribution in [0.3, 0.4) is 0 Å². The second-order valence-corrected chi connectivity index (χ2v) is 10.8. The Kier molecular flexibility index (Phi) is 6.72. The van der Waals surface area contributed by atoms with Crippen LogP contribution in [0.1, 0.15) is 80.7 Å². The molecule has 4 rings (SSSR count). The van der Waals surface area contributed by atoms with Gasteiger partial charge in [-0.05, 0) is 81.8 Å². The Balaban J connectivity index is 1.52. The fourth-order valence-electron chi connectivity index (χ4n) is 5.05. The summed E-state index contributed by atoms with van der Waals surface area (Å²) in [4.78, 5) is 11.4. The van der Waals surface area contributed by atoms with Crippen molar-refractivity contribution >= 4 is 5.97 Å². The molecule has 1 unspecified atom stereocenters. The Morgan fingerprint density at radius 3 is 2.23 bits per heavy atom. The molecule has 1 N–H and O–H groups in total. The summed E-state index contributed by atoms with van der Waals surface area (Å²) in [6.07, 6.45) is 1.96. The Hall–Kier alpha value is -3.21. The van der Waals surface area contributed by atoms with E-state index in [9.17, 15) is 18.7 Å². The molecule has 0 aromatic heterocycles. The number of carboxylic acid groups (broad SMARTS) is 1. The molecule has 0 saturated heterocycles. The van der Waals surface area contributed by atoms with Gasteiger partial charge >= 0.3 is 5.97 Å². The highest BCUT2D eigenvalue weighted by atomic mass is 19.1. The van der Waals surface area contributed by atoms with Crippen LogP contribution in [0, 0.1) is 11.6 Å². The maximum atomic E-state index is 14.4. The number of aliphatic carboxylic acids is 1. The first-order chi connectivity index (χ1) is 16.5. The number of carboxylic acids is 1. The third kappa shape index (κ3) is 5.39. The van der Waals surface area contributed by atoms with E-state index in [0.29, 0.717) is 17.9 Å². The van der Waals surface area contributed by atoms with Crippen molar-refractivity contribution in [2.45, 2.75) is 70.3 Å². The quantitative estimate of drug-likeness (QED) is 0.382. The maximum Gasteiger partial charge on any atom is 0.304 e. The summed E-state index contributed by atoms with van der Waals surface area (Å²) >= 11 is 0. The predicted octanol–water partition coefficient (Wildman–Crippen LogP) is 7.50. The minimum Gasteiger partial charge on any atom is -0.489 e. The number of carbonyl (C=O) groups is 1. The number of halogens is 2. The Labute approximate surface area is 205 Å². The van der Waals surface area contributed by atoms with Crippen LogP contribution in [-0.2, 0) is 22.2 Å². The van der Waals surface area contributed by atoms with Crippen LogP contribution in [0.2, 0.25) is 0 Å². The normalized spacial score (nSPS) is 16.9. The van der Waals surface area contributed by atoms with Crippen molar-refractivity contribution in [1.29, 1.82) is 0 Å². The minimum absolute atomic E-state index is 0.0284. The number of rotatable bonds is 7. The van der Waals surface area contributed by atoms with Crippen molar-refractivity contribution in [2.24, 2.45) is 0 Å². The standard InChI is InChI=1S/C30H32F2O3/c1-29(2)13-14-30(3,4)26-15-19(5-11-25(26)29)18-35-22-9-6-20(7-10-22)23(17-28(33)34)24-16-21(31)8-12-27(24)32/h5-12,15-16,23H,13-14,17-18H2,1-4H3,(H,33,34). The molecule has 0 fully saturated rings. The first kappa shape index (κ1) is 24.9. The Morgan fingerprint density at radius 2 is 1.57 bits per heavy atom. The average Bonchev–Trinajstić information content (AvgIpc) is 2.81. The molecule has 3 nitrogen and oxygen atoms in total. The Bertz CT molecular complexity index is 1230. The third-order valence-corrected chi connectivity index (χ3v) is 7.32. The molecule has 35 heavy (non-hydrogen) atoms. The number of benzene rings is 3. The highest BCUT2D eigenvalue weighted by Crippen LogP contribution is 2.46. The van der Waals surface area contributed by atoms with E-state index in [2.05, 4.69) is 45.9 Å². The number of fused-ring (bicyclic) bond motifs is 1. The first-order valence-electron chi connectivity index (χ1n) is 12.0. The first-order valence-corrected chi connectivity index (χ1v) is 12.0. The van der Waals surface area contributed by atoms with E-state index in [1.807, 2.05) is 0 Å². The van der Waals surface area contributed by atoms with Crippen LogP contribution in [0.4, 0.5) is 8.78 Å². The molecule has 1 aliphatic carbocycles. The van der Waals surface area contributed by atoms with Crippen LogP contribution >= 0.6 is 0 Å². The van der Waals surface area contributed by atoms with Gasteiger partial charge in [-0.25, -0.2) is 8.78 Å². The van der Waals surface area contributed by atoms with E-state index >= 15 is 0 Å². The van der Waals surface area contributed by atoms with Gasteiger partial charge in [-0.3, -0.25) is 4.79 Å². The summed E-state index contributed by atoms with van der Waals surface area (Å²) in [5, 5.41) is 9.34.